The molecule has 228 valence electrons. The topological polar surface area (TPSA) is 129 Å². The van der Waals surface area contributed by atoms with Crippen LogP contribution in [-0.4, -0.2) is 91.3 Å². The Kier molecular flexibility index (Phi) is 27.9. The monoisotopic (exact) mass is 602 g/mol. The molecule has 0 aromatic heterocycles. The molecular formula is C30H59KO7S. The average molecular weight is 603 g/mol. The summed E-state index contributed by atoms with van der Waals surface area (Å²) in [6, 6.07) is 0. The fourth-order valence-electron chi connectivity index (χ4n) is 5.47. The van der Waals surface area contributed by atoms with E-state index in [-0.39, 0.29) is 70.6 Å². The van der Waals surface area contributed by atoms with Crippen LogP contribution in [0.5, 0.6) is 0 Å². The van der Waals surface area contributed by atoms with Crippen LogP contribution in [-0.2, 0) is 19.7 Å². The van der Waals surface area contributed by atoms with Gasteiger partial charge >= 0.3 is 63.3 Å². The van der Waals surface area contributed by atoms with Gasteiger partial charge in [-0.05, 0) is 12.8 Å². The zero-order valence-corrected chi connectivity index (χ0v) is 25.2. The van der Waals surface area contributed by atoms with Gasteiger partial charge in [0.15, 0.2) is 0 Å². The Morgan fingerprint density at radius 3 is 1.18 bits per heavy atom. The second kappa shape index (κ2) is 26.1. The Balaban J connectivity index is 0. The van der Waals surface area contributed by atoms with Gasteiger partial charge in [0.2, 0.25) is 4.75 Å². The molecule has 3 N–H and O–H groups in total. The molecule has 0 amide bonds. The second-order valence-electron chi connectivity index (χ2n) is 11.2. The van der Waals surface area contributed by atoms with Gasteiger partial charge in [-0.3, -0.25) is 14.1 Å². The zero-order valence-electron chi connectivity index (χ0n) is 24.4. The molecule has 0 bridgehead atoms. The molecule has 0 aromatic carbocycles. The van der Waals surface area contributed by atoms with E-state index in [2.05, 4.69) is 13.8 Å². The van der Waals surface area contributed by atoms with E-state index in [1.807, 2.05) is 0 Å². The molecule has 0 saturated heterocycles. The van der Waals surface area contributed by atoms with E-state index in [4.69, 9.17) is 0 Å². The molecule has 0 rings (SSSR count). The number of unbranched alkanes of at least 4 members (excludes halogenated alkanes) is 20. The summed E-state index contributed by atoms with van der Waals surface area (Å²) >= 11 is 0. The van der Waals surface area contributed by atoms with Crippen molar-refractivity contribution >= 4 is 73.4 Å². The molecule has 9 heteroatoms. The molecule has 0 aliphatic carbocycles. The molecule has 0 fully saturated rings. The van der Waals surface area contributed by atoms with E-state index in [0.29, 0.717) is 12.8 Å². The van der Waals surface area contributed by atoms with Gasteiger partial charge in [-0.1, -0.05) is 155 Å². The van der Waals surface area contributed by atoms with Crippen LogP contribution in [0.2, 0.25) is 0 Å². The average Bonchev–Trinajstić information content (AvgIpc) is 2.85. The van der Waals surface area contributed by atoms with E-state index in [0.717, 1.165) is 51.4 Å². The Morgan fingerprint density at radius 2 is 0.897 bits per heavy atom. The normalized spacial score (nSPS) is 13.9. The van der Waals surface area contributed by atoms with Crippen molar-refractivity contribution in [1.82, 2.24) is 0 Å². The van der Waals surface area contributed by atoms with Gasteiger partial charge in [0.25, 0.3) is 10.1 Å². The molecule has 0 aliphatic heterocycles. The van der Waals surface area contributed by atoms with Crippen LogP contribution in [0.15, 0.2) is 0 Å². The molecule has 0 heterocycles. The van der Waals surface area contributed by atoms with Crippen molar-refractivity contribution in [3.05, 3.63) is 0 Å². The Hall–Kier alpha value is 0.486. The summed E-state index contributed by atoms with van der Waals surface area (Å²) in [4.78, 5) is 24.3. The summed E-state index contributed by atoms with van der Waals surface area (Å²) in [5.74, 6) is -4.90. The predicted octanol–water partition coefficient (Wildman–Crippen LogP) is 8.15. The van der Waals surface area contributed by atoms with E-state index >= 15 is 0 Å². The molecule has 2 unspecified atom stereocenters. The van der Waals surface area contributed by atoms with Gasteiger partial charge in [-0.15, -0.1) is 0 Å². The maximum atomic E-state index is 12.4. The quantitative estimate of drug-likeness (QED) is 0.0468. The number of carbonyl (C=O) groups is 2. The van der Waals surface area contributed by atoms with Crippen LogP contribution in [0.4, 0.5) is 0 Å². The molecule has 2 atom stereocenters. The summed E-state index contributed by atoms with van der Waals surface area (Å²) in [7, 11) is -5.13. The van der Waals surface area contributed by atoms with Crippen molar-refractivity contribution in [3.8, 4) is 0 Å². The number of rotatable bonds is 28. The molecule has 0 aliphatic rings. The van der Waals surface area contributed by atoms with Gasteiger partial charge in [0.05, 0.1) is 5.92 Å². The second-order valence-corrected chi connectivity index (χ2v) is 12.8. The first-order valence-electron chi connectivity index (χ1n) is 15.6. The summed E-state index contributed by atoms with van der Waals surface area (Å²) in [6.07, 6.45) is 22.4. The van der Waals surface area contributed by atoms with Crippen molar-refractivity contribution in [2.75, 3.05) is 0 Å². The number of hydrogen-bond acceptors (Lipinski definition) is 4. The fourth-order valence-corrected chi connectivity index (χ4v) is 6.67. The maximum absolute atomic E-state index is 12.4. The first-order valence-corrected chi connectivity index (χ1v) is 17.0. The van der Waals surface area contributed by atoms with E-state index in [1.54, 1.807) is 0 Å². The Labute approximate surface area is 282 Å². The Bertz CT molecular complexity index is 714. The fraction of sp³-hybridized carbons (Fsp3) is 0.933. The summed E-state index contributed by atoms with van der Waals surface area (Å²) < 4.78 is 32.0. The van der Waals surface area contributed by atoms with Crippen molar-refractivity contribution in [1.29, 1.82) is 0 Å². The number of carboxylic acid groups (broad SMARTS) is 2. The molecular weight excluding hydrogens is 543 g/mol. The third-order valence-electron chi connectivity index (χ3n) is 7.93. The third kappa shape index (κ3) is 18.6. The first-order chi connectivity index (χ1) is 18.1. The summed E-state index contributed by atoms with van der Waals surface area (Å²) in [5.41, 5.74) is 0. The number of aliphatic carboxylic acids is 2. The van der Waals surface area contributed by atoms with Crippen LogP contribution >= 0.6 is 0 Å². The molecule has 0 radical (unpaired) electrons. The number of hydrogen-bond donors (Lipinski definition) is 3. The third-order valence-corrected chi connectivity index (χ3v) is 9.52. The van der Waals surface area contributed by atoms with Crippen molar-refractivity contribution in [2.24, 2.45) is 5.92 Å². The molecule has 0 spiro atoms. The SMILES string of the molecule is CCCCCCCCCCCCCC(C(=O)O)C(CCCCCCCCCCCCC)(C(=O)O)S(=O)(=O)O.[KH]. The standard InChI is InChI=1S/C30H58O7S.K.H/c1-3-5-7-9-11-13-15-17-19-21-23-25-27(28(31)32)30(29(33)34,38(35,36)37)26-24-22-20-18-16-14-12-10-8-6-4-2;;/h27H,3-26H2,1-2H3,(H,31,32)(H,33,34)(H,35,36,37);;. The Morgan fingerprint density at radius 1 is 0.590 bits per heavy atom. The molecule has 39 heavy (non-hydrogen) atoms. The number of carboxylic acids is 2. The van der Waals surface area contributed by atoms with Gasteiger partial charge in [0, 0.05) is 0 Å². The molecule has 7 nitrogen and oxygen atoms in total. The van der Waals surface area contributed by atoms with Gasteiger partial charge in [-0.2, -0.15) is 8.42 Å². The van der Waals surface area contributed by atoms with Crippen LogP contribution in [0.25, 0.3) is 0 Å². The van der Waals surface area contributed by atoms with E-state index < -0.39 is 32.7 Å². The van der Waals surface area contributed by atoms with Crippen LogP contribution in [0, 0.1) is 5.92 Å². The summed E-state index contributed by atoms with van der Waals surface area (Å²) in [5, 5.41) is 19.7. The molecule has 0 aromatic rings. The van der Waals surface area contributed by atoms with Crippen LogP contribution in [0.3, 0.4) is 0 Å². The summed E-state index contributed by atoms with van der Waals surface area (Å²) in [6.45, 7) is 4.39. The van der Waals surface area contributed by atoms with Crippen molar-refractivity contribution in [2.45, 2.75) is 173 Å². The van der Waals surface area contributed by atoms with Crippen molar-refractivity contribution in [3.63, 3.8) is 0 Å². The van der Waals surface area contributed by atoms with Crippen LogP contribution in [0.1, 0.15) is 168 Å². The minimum absolute atomic E-state index is 0. The van der Waals surface area contributed by atoms with E-state index in [1.165, 1.54) is 70.6 Å². The predicted molar refractivity (Wildman–Crippen MR) is 162 cm³/mol. The molecule has 0 saturated carbocycles. The zero-order chi connectivity index (χ0) is 28.7. The van der Waals surface area contributed by atoms with Crippen LogP contribution < -0.4 is 0 Å². The van der Waals surface area contributed by atoms with Gasteiger partial charge in [0.1, 0.15) is 0 Å². The van der Waals surface area contributed by atoms with Gasteiger partial charge < -0.3 is 10.2 Å². The van der Waals surface area contributed by atoms with Gasteiger partial charge in [-0.25, -0.2) is 0 Å². The van der Waals surface area contributed by atoms with Crippen molar-refractivity contribution < 1.29 is 32.8 Å². The van der Waals surface area contributed by atoms with E-state index in [9.17, 15) is 32.8 Å². The minimum atomic E-state index is -5.13. The first kappa shape index (κ1) is 41.6.